The largest absolute Gasteiger partial charge is 0.328 e. The van der Waals surface area contributed by atoms with Crippen LogP contribution in [0, 0.1) is 6.92 Å². The van der Waals surface area contributed by atoms with Gasteiger partial charge in [0.25, 0.3) is 11.5 Å². The average molecular weight is 320 g/mol. The van der Waals surface area contributed by atoms with Gasteiger partial charge in [0.1, 0.15) is 5.49 Å². The SMILES string of the molecule is Cc1ccc(Cn2ccccc2=NC(=O)c2ccc(=O)[nH]n2)cc1. The second-order valence-corrected chi connectivity index (χ2v) is 5.40. The van der Waals surface area contributed by atoms with E-state index < -0.39 is 5.91 Å². The second kappa shape index (κ2) is 6.87. The van der Waals surface area contributed by atoms with Gasteiger partial charge in [-0.05, 0) is 30.7 Å². The van der Waals surface area contributed by atoms with Crippen LogP contribution in [-0.4, -0.2) is 20.7 Å². The maximum atomic E-state index is 12.2. The van der Waals surface area contributed by atoms with Crippen LogP contribution < -0.4 is 11.0 Å². The van der Waals surface area contributed by atoms with E-state index in [1.807, 2.05) is 54.1 Å². The highest BCUT2D eigenvalue weighted by Crippen LogP contribution is 2.04. The van der Waals surface area contributed by atoms with Crippen LogP contribution in [0.5, 0.6) is 0 Å². The van der Waals surface area contributed by atoms with Gasteiger partial charge in [0.2, 0.25) is 0 Å². The zero-order valence-corrected chi connectivity index (χ0v) is 13.1. The molecule has 0 atom stereocenters. The number of hydrogen-bond donors (Lipinski definition) is 1. The van der Waals surface area contributed by atoms with Crippen LogP contribution in [0.1, 0.15) is 21.6 Å². The summed E-state index contributed by atoms with van der Waals surface area (Å²) < 4.78 is 1.88. The third-order valence-corrected chi connectivity index (χ3v) is 3.50. The highest BCUT2D eigenvalue weighted by atomic mass is 16.1. The van der Waals surface area contributed by atoms with Gasteiger partial charge in [-0.2, -0.15) is 10.1 Å². The summed E-state index contributed by atoms with van der Waals surface area (Å²) in [5.74, 6) is -0.505. The lowest BCUT2D eigenvalue weighted by molar-refractivity contribution is 0.0991. The van der Waals surface area contributed by atoms with Crippen LogP contribution in [0.3, 0.4) is 0 Å². The van der Waals surface area contributed by atoms with E-state index in [9.17, 15) is 9.59 Å². The minimum Gasteiger partial charge on any atom is -0.328 e. The lowest BCUT2D eigenvalue weighted by atomic mass is 10.1. The van der Waals surface area contributed by atoms with E-state index in [0.717, 1.165) is 5.56 Å². The average Bonchev–Trinajstić information content (AvgIpc) is 2.59. The Kier molecular flexibility index (Phi) is 4.47. The number of aryl methyl sites for hydroxylation is 1. The first-order valence-electron chi connectivity index (χ1n) is 7.47. The van der Waals surface area contributed by atoms with Gasteiger partial charge >= 0.3 is 0 Å². The molecular formula is C18H16N4O2. The molecule has 2 heterocycles. The van der Waals surface area contributed by atoms with Crippen molar-refractivity contribution in [2.75, 3.05) is 0 Å². The fourth-order valence-corrected chi connectivity index (χ4v) is 2.22. The number of rotatable bonds is 3. The van der Waals surface area contributed by atoms with Crippen molar-refractivity contribution in [2.45, 2.75) is 13.5 Å². The Morgan fingerprint density at radius 2 is 1.92 bits per heavy atom. The molecule has 0 saturated heterocycles. The molecule has 0 spiro atoms. The van der Waals surface area contributed by atoms with Gasteiger partial charge in [-0.1, -0.05) is 35.9 Å². The maximum Gasteiger partial charge on any atom is 0.299 e. The number of carbonyl (C=O) groups excluding carboxylic acids is 1. The lowest BCUT2D eigenvalue weighted by Gasteiger charge is -2.07. The number of carbonyl (C=O) groups is 1. The van der Waals surface area contributed by atoms with Gasteiger partial charge in [-0.25, -0.2) is 5.10 Å². The normalized spacial score (nSPS) is 11.5. The van der Waals surface area contributed by atoms with Crippen molar-refractivity contribution in [1.82, 2.24) is 14.8 Å². The zero-order valence-electron chi connectivity index (χ0n) is 13.1. The van der Waals surface area contributed by atoms with Gasteiger partial charge in [0.15, 0.2) is 5.69 Å². The van der Waals surface area contributed by atoms with Gasteiger partial charge < -0.3 is 4.57 Å². The Balaban J connectivity index is 1.93. The first-order valence-corrected chi connectivity index (χ1v) is 7.47. The van der Waals surface area contributed by atoms with E-state index in [0.29, 0.717) is 12.0 Å². The highest BCUT2D eigenvalue weighted by Gasteiger charge is 2.06. The van der Waals surface area contributed by atoms with Gasteiger partial charge in [-0.15, -0.1) is 0 Å². The van der Waals surface area contributed by atoms with Crippen molar-refractivity contribution in [2.24, 2.45) is 4.99 Å². The molecule has 3 aromatic rings. The third-order valence-electron chi connectivity index (χ3n) is 3.50. The molecule has 0 aliphatic rings. The van der Waals surface area contributed by atoms with Crippen LogP contribution in [0.15, 0.2) is 70.6 Å². The summed E-state index contributed by atoms with van der Waals surface area (Å²) in [7, 11) is 0. The predicted molar refractivity (Wildman–Crippen MR) is 89.5 cm³/mol. The fraction of sp³-hybridized carbons (Fsp3) is 0.111. The van der Waals surface area contributed by atoms with Gasteiger partial charge in [0, 0.05) is 18.8 Å². The van der Waals surface area contributed by atoms with Crippen LogP contribution in [0.25, 0.3) is 0 Å². The topological polar surface area (TPSA) is 80.1 Å². The predicted octanol–water partition coefficient (Wildman–Crippen LogP) is 1.67. The molecule has 6 heteroatoms. The number of aromatic nitrogens is 3. The van der Waals surface area contributed by atoms with E-state index in [1.165, 1.54) is 17.7 Å². The number of pyridine rings is 1. The summed E-state index contributed by atoms with van der Waals surface area (Å²) >= 11 is 0. The fourth-order valence-electron chi connectivity index (χ4n) is 2.22. The number of H-pyrrole nitrogens is 1. The molecule has 0 saturated carbocycles. The van der Waals surface area contributed by atoms with E-state index in [1.54, 1.807) is 6.07 Å². The van der Waals surface area contributed by atoms with Gasteiger partial charge in [-0.3, -0.25) is 9.59 Å². The Hall–Kier alpha value is -3.28. The van der Waals surface area contributed by atoms with Crippen molar-refractivity contribution < 1.29 is 4.79 Å². The number of nitrogens with one attached hydrogen (secondary N) is 1. The molecular weight excluding hydrogens is 304 g/mol. The van der Waals surface area contributed by atoms with Crippen molar-refractivity contribution in [3.8, 4) is 0 Å². The number of benzene rings is 1. The lowest BCUT2D eigenvalue weighted by Crippen LogP contribution is -2.22. The summed E-state index contributed by atoms with van der Waals surface area (Å²) in [6.07, 6.45) is 1.87. The highest BCUT2D eigenvalue weighted by molar-refractivity contribution is 5.92. The summed E-state index contributed by atoms with van der Waals surface area (Å²) in [4.78, 5) is 27.3. The molecule has 0 aliphatic heterocycles. The molecule has 1 amide bonds. The molecule has 0 aliphatic carbocycles. The van der Waals surface area contributed by atoms with E-state index >= 15 is 0 Å². The van der Waals surface area contributed by atoms with Crippen molar-refractivity contribution in [3.05, 3.63) is 93.5 Å². The maximum absolute atomic E-state index is 12.2. The number of aromatic amines is 1. The molecule has 0 fully saturated rings. The first kappa shape index (κ1) is 15.6. The molecule has 24 heavy (non-hydrogen) atoms. The van der Waals surface area contributed by atoms with E-state index in [2.05, 4.69) is 15.2 Å². The van der Waals surface area contributed by atoms with Crippen LogP contribution in [0.2, 0.25) is 0 Å². The molecule has 120 valence electrons. The minimum absolute atomic E-state index is 0.0975. The summed E-state index contributed by atoms with van der Waals surface area (Å²) in [5, 5.41) is 5.94. The summed E-state index contributed by atoms with van der Waals surface area (Å²) in [6, 6.07) is 16.3. The van der Waals surface area contributed by atoms with Crippen molar-refractivity contribution in [1.29, 1.82) is 0 Å². The quantitative estimate of drug-likeness (QED) is 0.797. The third kappa shape index (κ3) is 3.73. The van der Waals surface area contributed by atoms with Crippen LogP contribution in [0.4, 0.5) is 0 Å². The Morgan fingerprint density at radius 3 is 2.62 bits per heavy atom. The second-order valence-electron chi connectivity index (χ2n) is 5.40. The Bertz CT molecular complexity index is 964. The zero-order chi connectivity index (χ0) is 16.9. The van der Waals surface area contributed by atoms with Crippen LogP contribution in [-0.2, 0) is 6.54 Å². The first-order chi connectivity index (χ1) is 11.6. The Morgan fingerprint density at radius 1 is 1.12 bits per heavy atom. The van der Waals surface area contributed by atoms with Crippen molar-refractivity contribution in [3.63, 3.8) is 0 Å². The molecule has 1 N–H and O–H groups in total. The Labute approximate surface area is 138 Å². The number of nitrogens with zero attached hydrogens (tertiary/aromatic N) is 3. The van der Waals surface area contributed by atoms with Gasteiger partial charge in [0.05, 0.1) is 0 Å². The summed E-state index contributed by atoms with van der Waals surface area (Å²) in [5.41, 5.74) is 2.57. The van der Waals surface area contributed by atoms with Crippen LogP contribution >= 0.6 is 0 Å². The monoisotopic (exact) mass is 320 g/mol. The van der Waals surface area contributed by atoms with E-state index in [4.69, 9.17) is 0 Å². The minimum atomic E-state index is -0.505. The number of hydrogen-bond acceptors (Lipinski definition) is 3. The summed E-state index contributed by atoms with van der Waals surface area (Å²) in [6.45, 7) is 2.64. The van der Waals surface area contributed by atoms with Crippen molar-refractivity contribution >= 4 is 5.91 Å². The number of amides is 1. The smallest absolute Gasteiger partial charge is 0.299 e. The standard InChI is InChI=1S/C18H16N4O2/c1-13-5-7-14(8-6-13)12-22-11-3-2-4-16(22)19-18(24)15-9-10-17(23)21-20-15/h2-11H,12H2,1H3,(H,21,23). The molecule has 6 nitrogen and oxygen atoms in total. The molecule has 0 radical (unpaired) electrons. The molecule has 1 aromatic carbocycles. The van der Waals surface area contributed by atoms with E-state index in [-0.39, 0.29) is 11.3 Å². The molecule has 0 unspecified atom stereocenters. The molecule has 2 aromatic heterocycles. The molecule has 3 rings (SSSR count). The molecule has 0 bridgehead atoms.